The van der Waals surface area contributed by atoms with Crippen molar-refractivity contribution in [1.29, 1.82) is 0 Å². The van der Waals surface area contributed by atoms with E-state index in [0.29, 0.717) is 0 Å². The molecule has 0 bridgehead atoms. The first kappa shape index (κ1) is 6.35. The van der Waals surface area contributed by atoms with Crippen molar-refractivity contribution in [2.24, 2.45) is 11.6 Å². The van der Waals surface area contributed by atoms with Crippen molar-refractivity contribution in [2.75, 3.05) is 6.54 Å². The maximum Gasteiger partial charge on any atom is 0.357 e. The van der Waals surface area contributed by atoms with Crippen LogP contribution in [0.3, 0.4) is 0 Å². The third-order valence-electron chi connectivity index (χ3n) is 0.308. The van der Waals surface area contributed by atoms with E-state index in [0.717, 1.165) is 0 Å². The number of carbonyl (C=O) groups excluding carboxylic acids is 1. The molecule has 0 aromatic carbocycles. The number of hydrogen-bond acceptors (Lipinski definition) is 5. The molecule has 0 heterocycles. The summed E-state index contributed by atoms with van der Waals surface area (Å²) in [6.45, 7) is -0.225. The van der Waals surface area contributed by atoms with E-state index in [9.17, 15) is 4.79 Å². The Kier molecular flexibility index (Phi) is 3.21. The standard InChI is InChI=1S/C2H6N2O3/c3-1-2(5)6-7-4/h1,3-4H2. The van der Waals surface area contributed by atoms with Crippen LogP contribution in [0.15, 0.2) is 0 Å². The van der Waals surface area contributed by atoms with Gasteiger partial charge >= 0.3 is 5.97 Å². The fourth-order valence-electron chi connectivity index (χ4n) is 0.0877. The molecule has 0 spiro atoms. The second-order valence-corrected chi connectivity index (χ2v) is 0.756. The monoisotopic (exact) mass is 106 g/mol. The van der Waals surface area contributed by atoms with E-state index in [1.807, 2.05) is 0 Å². The molecular weight excluding hydrogens is 100 g/mol. The van der Waals surface area contributed by atoms with E-state index < -0.39 is 5.97 Å². The van der Waals surface area contributed by atoms with Gasteiger partial charge in [-0.25, -0.2) is 4.79 Å². The van der Waals surface area contributed by atoms with Crippen molar-refractivity contribution in [3.05, 3.63) is 0 Å². The molecular formula is C2H6N2O3. The number of hydrogen-bond donors (Lipinski definition) is 2. The highest BCUT2D eigenvalue weighted by molar-refractivity contribution is 5.70. The van der Waals surface area contributed by atoms with Gasteiger partial charge < -0.3 is 5.73 Å². The summed E-state index contributed by atoms with van der Waals surface area (Å²) in [5.41, 5.74) is 4.75. The Morgan fingerprint density at radius 2 is 2.29 bits per heavy atom. The third kappa shape index (κ3) is 3.17. The zero-order chi connectivity index (χ0) is 5.70. The lowest BCUT2D eigenvalue weighted by atomic mass is 10.7. The summed E-state index contributed by atoms with van der Waals surface area (Å²) < 4.78 is 0. The van der Waals surface area contributed by atoms with Gasteiger partial charge in [-0.05, 0) is 0 Å². The molecule has 0 aromatic rings. The van der Waals surface area contributed by atoms with E-state index >= 15 is 0 Å². The maximum absolute atomic E-state index is 9.86. The molecule has 0 amide bonds. The van der Waals surface area contributed by atoms with Gasteiger partial charge in [0.05, 0.1) is 6.54 Å². The van der Waals surface area contributed by atoms with Crippen LogP contribution in [-0.4, -0.2) is 12.5 Å². The average molecular weight is 106 g/mol. The molecule has 0 unspecified atom stereocenters. The Bertz CT molecular complexity index is 64.0. The van der Waals surface area contributed by atoms with E-state index in [1.54, 1.807) is 0 Å². The zero-order valence-electron chi connectivity index (χ0n) is 3.59. The minimum absolute atomic E-state index is 0.225. The molecule has 0 aliphatic heterocycles. The molecule has 0 aromatic heterocycles. The second-order valence-electron chi connectivity index (χ2n) is 0.756. The van der Waals surface area contributed by atoms with Crippen LogP contribution in [0.1, 0.15) is 0 Å². The normalized spacial score (nSPS) is 8.29. The zero-order valence-corrected chi connectivity index (χ0v) is 3.59. The minimum atomic E-state index is -0.692. The molecule has 0 fully saturated rings. The van der Waals surface area contributed by atoms with Crippen LogP contribution in [-0.2, 0) is 14.7 Å². The van der Waals surface area contributed by atoms with Gasteiger partial charge in [-0.1, -0.05) is 4.99 Å². The van der Waals surface area contributed by atoms with Gasteiger partial charge in [-0.15, -0.1) is 0 Å². The van der Waals surface area contributed by atoms with Gasteiger partial charge in [0.2, 0.25) is 0 Å². The summed E-state index contributed by atoms with van der Waals surface area (Å²) in [5.74, 6) is 3.61. The summed E-state index contributed by atoms with van der Waals surface area (Å²) in [6.07, 6.45) is 0. The smallest absolute Gasteiger partial charge is 0.321 e. The predicted octanol–water partition coefficient (Wildman–Crippen LogP) is -1.71. The molecule has 0 rings (SSSR count). The molecule has 42 valence electrons. The first-order chi connectivity index (χ1) is 3.31. The molecule has 0 aliphatic rings. The average Bonchev–Trinajstić information content (AvgIpc) is 1.68. The number of nitrogens with two attached hydrogens (primary N) is 2. The Hall–Kier alpha value is -0.650. The van der Waals surface area contributed by atoms with Crippen molar-refractivity contribution in [3.8, 4) is 0 Å². The van der Waals surface area contributed by atoms with E-state index in [1.165, 1.54) is 0 Å². The topological polar surface area (TPSA) is 87.6 Å². The van der Waals surface area contributed by atoms with Gasteiger partial charge in [0.1, 0.15) is 0 Å². The lowest BCUT2D eigenvalue weighted by Crippen LogP contribution is -2.18. The first-order valence-electron chi connectivity index (χ1n) is 1.57. The van der Waals surface area contributed by atoms with E-state index in [4.69, 9.17) is 5.73 Å². The van der Waals surface area contributed by atoms with E-state index in [-0.39, 0.29) is 6.54 Å². The van der Waals surface area contributed by atoms with Crippen molar-refractivity contribution < 1.29 is 14.7 Å². The van der Waals surface area contributed by atoms with Crippen molar-refractivity contribution >= 4 is 5.97 Å². The first-order valence-corrected chi connectivity index (χ1v) is 1.57. The molecule has 0 radical (unpaired) electrons. The van der Waals surface area contributed by atoms with Crippen LogP contribution < -0.4 is 11.6 Å². The Morgan fingerprint density at radius 3 is 2.43 bits per heavy atom. The summed E-state index contributed by atoms with van der Waals surface area (Å²) in [7, 11) is 0. The third-order valence-corrected chi connectivity index (χ3v) is 0.308. The molecule has 0 atom stereocenters. The maximum atomic E-state index is 9.86. The van der Waals surface area contributed by atoms with Crippen LogP contribution in [0, 0.1) is 0 Å². The molecule has 5 nitrogen and oxygen atoms in total. The predicted molar refractivity (Wildman–Crippen MR) is 20.4 cm³/mol. The van der Waals surface area contributed by atoms with E-state index in [2.05, 4.69) is 15.8 Å². The van der Waals surface area contributed by atoms with Gasteiger partial charge in [0.15, 0.2) is 0 Å². The summed E-state index contributed by atoms with van der Waals surface area (Å²) in [4.78, 5) is 17.0. The van der Waals surface area contributed by atoms with Gasteiger partial charge in [0.25, 0.3) is 0 Å². The molecule has 7 heavy (non-hydrogen) atoms. The summed E-state index contributed by atoms with van der Waals surface area (Å²) in [5, 5.41) is 0. The molecule has 0 saturated carbocycles. The van der Waals surface area contributed by atoms with Gasteiger partial charge in [-0.2, -0.15) is 5.90 Å². The molecule has 4 N–H and O–H groups in total. The SMILES string of the molecule is NCC(=O)OON. The fourth-order valence-corrected chi connectivity index (χ4v) is 0.0877. The van der Waals surface area contributed by atoms with Crippen molar-refractivity contribution in [2.45, 2.75) is 0 Å². The number of rotatable bonds is 2. The lowest BCUT2D eigenvalue weighted by Gasteiger charge is -1.90. The molecule has 5 heteroatoms. The summed E-state index contributed by atoms with van der Waals surface area (Å²) >= 11 is 0. The highest BCUT2D eigenvalue weighted by Crippen LogP contribution is 1.67. The Labute approximate surface area is 40.1 Å². The number of carbonyl (C=O) groups is 1. The summed E-state index contributed by atoms with van der Waals surface area (Å²) in [6, 6.07) is 0. The lowest BCUT2D eigenvalue weighted by molar-refractivity contribution is -0.274. The van der Waals surface area contributed by atoms with Crippen molar-refractivity contribution in [1.82, 2.24) is 0 Å². The molecule has 0 saturated heterocycles. The van der Waals surface area contributed by atoms with Crippen LogP contribution in [0.4, 0.5) is 0 Å². The van der Waals surface area contributed by atoms with Crippen molar-refractivity contribution in [3.63, 3.8) is 0 Å². The molecule has 0 aliphatic carbocycles. The second kappa shape index (κ2) is 3.54. The van der Waals surface area contributed by atoms with Crippen LogP contribution in [0.25, 0.3) is 0 Å². The van der Waals surface area contributed by atoms with Gasteiger partial charge in [-0.3, -0.25) is 4.89 Å². The van der Waals surface area contributed by atoms with Crippen LogP contribution in [0.5, 0.6) is 0 Å². The Morgan fingerprint density at radius 1 is 1.71 bits per heavy atom. The van der Waals surface area contributed by atoms with Crippen LogP contribution in [0.2, 0.25) is 0 Å². The fraction of sp³-hybridized carbons (Fsp3) is 0.500. The minimum Gasteiger partial charge on any atom is -0.321 e. The quantitative estimate of drug-likeness (QED) is 0.323. The highest BCUT2D eigenvalue weighted by atomic mass is 17.3. The van der Waals surface area contributed by atoms with Crippen LogP contribution >= 0.6 is 0 Å². The largest absolute Gasteiger partial charge is 0.357 e. The van der Waals surface area contributed by atoms with Gasteiger partial charge in [0, 0.05) is 0 Å². The highest BCUT2D eigenvalue weighted by Gasteiger charge is 1.94. The Balaban J connectivity index is 3.00.